The van der Waals surface area contributed by atoms with Crippen LogP contribution in [-0.2, 0) is 0 Å². The van der Waals surface area contributed by atoms with E-state index in [9.17, 15) is 4.39 Å². The quantitative estimate of drug-likeness (QED) is 0.823. The van der Waals surface area contributed by atoms with Crippen LogP contribution in [0.4, 0.5) is 4.39 Å². The zero-order valence-corrected chi connectivity index (χ0v) is 13.3. The van der Waals surface area contributed by atoms with Crippen LogP contribution in [0.1, 0.15) is 62.3 Å². The van der Waals surface area contributed by atoms with Crippen LogP contribution in [0.5, 0.6) is 0 Å². The first-order valence-corrected chi connectivity index (χ1v) is 8.03. The lowest BCUT2D eigenvalue weighted by Crippen LogP contribution is -2.32. The van der Waals surface area contributed by atoms with Gasteiger partial charge < -0.3 is 5.32 Å². The maximum atomic E-state index is 13.5. The van der Waals surface area contributed by atoms with Gasteiger partial charge in [-0.25, -0.2) is 4.39 Å². The lowest BCUT2D eigenvalue weighted by Gasteiger charge is -2.35. The highest BCUT2D eigenvalue weighted by molar-refractivity contribution is 5.37. The van der Waals surface area contributed by atoms with E-state index in [4.69, 9.17) is 0 Å². The molecule has 0 aliphatic heterocycles. The van der Waals surface area contributed by atoms with Gasteiger partial charge in [-0.3, -0.25) is 0 Å². The van der Waals surface area contributed by atoms with Crippen LogP contribution in [0.15, 0.2) is 12.1 Å². The third-order valence-corrected chi connectivity index (χ3v) is 4.83. The van der Waals surface area contributed by atoms with E-state index in [0.29, 0.717) is 12.0 Å². The summed E-state index contributed by atoms with van der Waals surface area (Å²) in [6.45, 7) is 9.56. The van der Waals surface area contributed by atoms with Crippen molar-refractivity contribution in [1.29, 1.82) is 0 Å². The molecular weight excluding hydrogens is 249 g/mol. The van der Waals surface area contributed by atoms with Gasteiger partial charge in [-0.05, 0) is 73.9 Å². The molecule has 0 amide bonds. The number of aryl methyl sites for hydroxylation is 2. The van der Waals surface area contributed by atoms with Crippen molar-refractivity contribution in [2.24, 2.45) is 11.8 Å². The summed E-state index contributed by atoms with van der Waals surface area (Å²) in [6, 6.07) is 3.74. The van der Waals surface area contributed by atoms with E-state index in [2.05, 4.69) is 19.2 Å². The third kappa shape index (κ3) is 3.41. The first-order chi connectivity index (χ1) is 9.52. The van der Waals surface area contributed by atoms with Crippen molar-refractivity contribution in [2.75, 3.05) is 6.54 Å². The SMILES string of the molecule is CCNC(c1c(C)cc(F)cc1C)C1CCC(C)CC1. The van der Waals surface area contributed by atoms with Crippen LogP contribution in [0.2, 0.25) is 0 Å². The van der Waals surface area contributed by atoms with Crippen LogP contribution >= 0.6 is 0 Å². The minimum atomic E-state index is -0.115. The molecule has 1 aliphatic carbocycles. The molecular formula is C18H28FN. The normalized spacial score (nSPS) is 24.6. The fourth-order valence-corrected chi connectivity index (χ4v) is 3.76. The van der Waals surface area contributed by atoms with Gasteiger partial charge in [-0.2, -0.15) is 0 Å². The number of hydrogen-bond acceptors (Lipinski definition) is 1. The molecule has 0 aromatic heterocycles. The van der Waals surface area contributed by atoms with Crippen LogP contribution in [0.3, 0.4) is 0 Å². The Morgan fingerprint density at radius 3 is 2.20 bits per heavy atom. The van der Waals surface area contributed by atoms with Gasteiger partial charge in [0.25, 0.3) is 0 Å². The molecule has 1 nitrogen and oxygen atoms in total. The second-order valence-electron chi connectivity index (χ2n) is 6.51. The Bertz CT molecular complexity index is 424. The Morgan fingerprint density at radius 1 is 1.15 bits per heavy atom. The summed E-state index contributed by atoms with van der Waals surface area (Å²) < 4.78 is 13.5. The molecule has 1 N–H and O–H groups in total. The Morgan fingerprint density at radius 2 is 1.70 bits per heavy atom. The van der Waals surface area contributed by atoms with Crippen LogP contribution in [0.25, 0.3) is 0 Å². The number of hydrogen-bond donors (Lipinski definition) is 1. The maximum Gasteiger partial charge on any atom is 0.123 e. The summed E-state index contributed by atoms with van der Waals surface area (Å²) in [5.74, 6) is 1.44. The lowest BCUT2D eigenvalue weighted by atomic mass is 9.76. The van der Waals surface area contributed by atoms with Crippen molar-refractivity contribution < 1.29 is 4.39 Å². The number of halogens is 1. The molecule has 0 bridgehead atoms. The minimum absolute atomic E-state index is 0.115. The largest absolute Gasteiger partial charge is 0.310 e. The molecule has 112 valence electrons. The average Bonchev–Trinajstić information content (AvgIpc) is 2.37. The van der Waals surface area contributed by atoms with E-state index in [1.165, 1.54) is 31.2 Å². The van der Waals surface area contributed by atoms with Gasteiger partial charge in [-0.1, -0.05) is 26.7 Å². The lowest BCUT2D eigenvalue weighted by molar-refractivity contribution is 0.232. The first kappa shape index (κ1) is 15.5. The number of nitrogens with one attached hydrogen (secondary N) is 1. The summed E-state index contributed by atoms with van der Waals surface area (Å²) in [4.78, 5) is 0. The fourth-order valence-electron chi connectivity index (χ4n) is 3.76. The molecule has 0 heterocycles. The van der Waals surface area contributed by atoms with Crippen molar-refractivity contribution in [1.82, 2.24) is 5.32 Å². The molecule has 1 aromatic rings. The third-order valence-electron chi connectivity index (χ3n) is 4.83. The highest BCUT2D eigenvalue weighted by atomic mass is 19.1. The Labute approximate surface area is 123 Å². The van der Waals surface area contributed by atoms with Crippen LogP contribution < -0.4 is 5.32 Å². The molecule has 20 heavy (non-hydrogen) atoms. The van der Waals surface area contributed by atoms with E-state index in [1.807, 2.05) is 13.8 Å². The van der Waals surface area contributed by atoms with Crippen molar-refractivity contribution in [3.8, 4) is 0 Å². The van der Waals surface area contributed by atoms with Crippen LogP contribution in [-0.4, -0.2) is 6.54 Å². The van der Waals surface area contributed by atoms with E-state index in [-0.39, 0.29) is 5.82 Å². The van der Waals surface area contributed by atoms with Gasteiger partial charge in [0.05, 0.1) is 0 Å². The van der Waals surface area contributed by atoms with Gasteiger partial charge in [0.15, 0.2) is 0 Å². The number of benzene rings is 1. The second kappa shape index (κ2) is 6.71. The summed E-state index contributed by atoms with van der Waals surface area (Å²) in [6.07, 6.45) is 5.22. The van der Waals surface area contributed by atoms with Gasteiger partial charge in [0.1, 0.15) is 5.82 Å². The fraction of sp³-hybridized carbons (Fsp3) is 0.667. The number of rotatable bonds is 4. The van der Waals surface area contributed by atoms with Gasteiger partial charge in [0.2, 0.25) is 0 Å². The Hall–Kier alpha value is -0.890. The second-order valence-corrected chi connectivity index (χ2v) is 6.51. The molecule has 1 aliphatic rings. The van der Waals surface area contributed by atoms with Crippen molar-refractivity contribution in [2.45, 2.75) is 59.4 Å². The van der Waals surface area contributed by atoms with Crippen molar-refractivity contribution in [3.63, 3.8) is 0 Å². The molecule has 1 atom stereocenters. The minimum Gasteiger partial charge on any atom is -0.310 e. The molecule has 0 radical (unpaired) electrons. The zero-order chi connectivity index (χ0) is 14.7. The van der Waals surface area contributed by atoms with Gasteiger partial charge in [-0.15, -0.1) is 0 Å². The molecule has 2 heteroatoms. The summed E-state index contributed by atoms with van der Waals surface area (Å²) in [5.41, 5.74) is 3.51. The molecule has 0 saturated heterocycles. The molecule has 2 rings (SSSR count). The van der Waals surface area contributed by atoms with E-state index < -0.39 is 0 Å². The Kier molecular flexibility index (Phi) is 5.20. The topological polar surface area (TPSA) is 12.0 Å². The van der Waals surface area contributed by atoms with E-state index >= 15 is 0 Å². The zero-order valence-electron chi connectivity index (χ0n) is 13.3. The van der Waals surface area contributed by atoms with E-state index in [1.54, 1.807) is 12.1 Å². The summed E-state index contributed by atoms with van der Waals surface area (Å²) >= 11 is 0. The Balaban J connectivity index is 2.29. The maximum absolute atomic E-state index is 13.5. The van der Waals surface area contributed by atoms with Crippen molar-refractivity contribution >= 4 is 0 Å². The summed E-state index contributed by atoms with van der Waals surface area (Å²) in [5, 5.41) is 3.66. The molecule has 1 saturated carbocycles. The average molecular weight is 277 g/mol. The summed E-state index contributed by atoms with van der Waals surface area (Å²) in [7, 11) is 0. The van der Waals surface area contributed by atoms with Crippen molar-refractivity contribution in [3.05, 3.63) is 34.6 Å². The standard InChI is InChI=1S/C18H28FN/c1-5-20-18(15-8-6-12(2)7-9-15)17-13(3)10-16(19)11-14(17)4/h10-12,15,18,20H,5-9H2,1-4H3. The monoisotopic (exact) mass is 277 g/mol. The highest BCUT2D eigenvalue weighted by Crippen LogP contribution is 2.38. The first-order valence-electron chi connectivity index (χ1n) is 8.03. The van der Waals surface area contributed by atoms with Gasteiger partial charge in [0, 0.05) is 6.04 Å². The van der Waals surface area contributed by atoms with Gasteiger partial charge >= 0.3 is 0 Å². The molecule has 0 spiro atoms. The highest BCUT2D eigenvalue weighted by Gasteiger charge is 2.28. The van der Waals surface area contributed by atoms with E-state index in [0.717, 1.165) is 23.6 Å². The molecule has 1 fully saturated rings. The van der Waals surface area contributed by atoms with Crippen LogP contribution in [0, 0.1) is 31.5 Å². The molecule has 1 unspecified atom stereocenters. The predicted molar refractivity (Wildman–Crippen MR) is 83.4 cm³/mol. The smallest absolute Gasteiger partial charge is 0.123 e. The predicted octanol–water partition coefficient (Wildman–Crippen LogP) is 4.92. The molecule has 1 aromatic carbocycles.